The molecule has 0 radical (unpaired) electrons. The third-order valence-electron chi connectivity index (χ3n) is 8.53. The van der Waals surface area contributed by atoms with Crippen molar-refractivity contribution in [2.75, 3.05) is 0 Å². The summed E-state index contributed by atoms with van der Waals surface area (Å²) in [6, 6.07) is 8.09. The highest BCUT2D eigenvalue weighted by atomic mass is 16.3. The number of ketones is 2. The van der Waals surface area contributed by atoms with Gasteiger partial charge in [-0.1, -0.05) is 38.3 Å². The Morgan fingerprint density at radius 3 is 1.81 bits per heavy atom. The van der Waals surface area contributed by atoms with Crippen LogP contribution in [0, 0.1) is 17.8 Å². The predicted octanol–water partition coefficient (Wildman–Crippen LogP) is 6.36. The first kappa shape index (κ1) is 21.2. The van der Waals surface area contributed by atoms with Gasteiger partial charge < -0.3 is 10.2 Å². The summed E-state index contributed by atoms with van der Waals surface area (Å²) in [5.74, 6) is 1.75. The Bertz CT molecular complexity index is 1050. The number of aromatic hydroxyl groups is 2. The molecule has 2 saturated carbocycles. The molecule has 0 atom stereocenters. The summed E-state index contributed by atoms with van der Waals surface area (Å²) in [7, 11) is 0. The van der Waals surface area contributed by atoms with E-state index in [0.29, 0.717) is 17.0 Å². The molecule has 2 N–H and O–H groups in total. The first-order chi connectivity index (χ1) is 15.5. The lowest BCUT2D eigenvalue weighted by Gasteiger charge is -2.38. The summed E-state index contributed by atoms with van der Waals surface area (Å²) >= 11 is 0. The first-order valence-corrected chi connectivity index (χ1v) is 12.3. The number of benzene rings is 2. The quantitative estimate of drug-likeness (QED) is 0.472. The molecule has 2 aromatic rings. The molecule has 0 saturated heterocycles. The van der Waals surface area contributed by atoms with E-state index in [0.717, 1.165) is 36.2 Å². The second-order valence-electron chi connectivity index (χ2n) is 10.1. The van der Waals surface area contributed by atoms with Crippen LogP contribution in [0.3, 0.4) is 0 Å². The standard InChI is InChI=1S/C28H32O4/c1-2-16-3-5-17(6-4-16)18-7-9-19(10-8-18)20-11-12-21-22(15-20)28(32)26-24(30)14-13-23(29)25(26)27(21)31/h11-19,29-30H,2-10H2,1H3. The van der Waals surface area contributed by atoms with Crippen LogP contribution in [-0.2, 0) is 0 Å². The van der Waals surface area contributed by atoms with Crippen molar-refractivity contribution in [1.82, 2.24) is 0 Å². The maximum Gasteiger partial charge on any atom is 0.198 e. The lowest BCUT2D eigenvalue weighted by atomic mass is 9.68. The van der Waals surface area contributed by atoms with Crippen LogP contribution in [0.15, 0.2) is 30.3 Å². The SMILES string of the molecule is CCC1CCC(C2CCC(c3ccc4c(c3)C(=O)c3c(O)ccc(O)c3C4=O)CC2)CC1. The van der Waals surface area contributed by atoms with Crippen molar-refractivity contribution in [3.63, 3.8) is 0 Å². The van der Waals surface area contributed by atoms with E-state index in [1.165, 1.54) is 57.1 Å². The Morgan fingerprint density at radius 1 is 0.719 bits per heavy atom. The number of carbonyl (C=O) groups is 2. The topological polar surface area (TPSA) is 74.6 Å². The lowest BCUT2D eigenvalue weighted by Crippen LogP contribution is -2.25. The largest absolute Gasteiger partial charge is 0.507 e. The normalized spacial score (nSPS) is 27.7. The van der Waals surface area contributed by atoms with Crippen molar-refractivity contribution in [3.05, 3.63) is 58.1 Å². The van der Waals surface area contributed by atoms with E-state index < -0.39 is 5.78 Å². The highest BCUT2D eigenvalue weighted by molar-refractivity contribution is 6.30. The van der Waals surface area contributed by atoms with E-state index in [4.69, 9.17) is 0 Å². The van der Waals surface area contributed by atoms with E-state index in [-0.39, 0.29) is 28.4 Å². The van der Waals surface area contributed by atoms with Crippen molar-refractivity contribution < 1.29 is 19.8 Å². The zero-order chi connectivity index (χ0) is 22.4. The first-order valence-electron chi connectivity index (χ1n) is 12.3. The fraction of sp³-hybridized carbons (Fsp3) is 0.500. The van der Waals surface area contributed by atoms with Crippen molar-refractivity contribution in [2.24, 2.45) is 17.8 Å². The number of fused-ring (bicyclic) bond motifs is 2. The summed E-state index contributed by atoms with van der Waals surface area (Å²) < 4.78 is 0. The molecule has 3 aliphatic rings. The average molecular weight is 433 g/mol. The molecule has 0 amide bonds. The van der Waals surface area contributed by atoms with Gasteiger partial charge >= 0.3 is 0 Å². The number of hydrogen-bond donors (Lipinski definition) is 2. The monoisotopic (exact) mass is 432 g/mol. The zero-order valence-electron chi connectivity index (χ0n) is 18.8. The summed E-state index contributed by atoms with van der Waals surface area (Å²) in [5, 5.41) is 20.3. The van der Waals surface area contributed by atoms with Crippen molar-refractivity contribution >= 4 is 11.6 Å². The Kier molecular flexibility index (Phi) is 5.56. The number of carbonyl (C=O) groups excluding carboxylic acids is 2. The molecule has 0 aliphatic heterocycles. The maximum atomic E-state index is 13.1. The second kappa shape index (κ2) is 8.38. The van der Waals surface area contributed by atoms with Crippen molar-refractivity contribution in [3.8, 4) is 11.5 Å². The molecule has 0 unspecified atom stereocenters. The minimum atomic E-state index is -0.402. The summed E-state index contributed by atoms with van der Waals surface area (Å²) in [4.78, 5) is 26.1. The van der Waals surface area contributed by atoms with Gasteiger partial charge in [-0.2, -0.15) is 0 Å². The molecule has 0 spiro atoms. The molecule has 5 rings (SSSR count). The van der Waals surface area contributed by atoms with Crippen LogP contribution >= 0.6 is 0 Å². The van der Waals surface area contributed by atoms with Crippen LogP contribution in [0.5, 0.6) is 11.5 Å². The number of hydrogen-bond acceptors (Lipinski definition) is 4. The Balaban J connectivity index is 1.33. The summed E-state index contributed by atoms with van der Waals surface area (Å²) in [6.45, 7) is 2.32. The van der Waals surface area contributed by atoms with E-state index in [2.05, 4.69) is 6.92 Å². The number of phenols is 2. The van der Waals surface area contributed by atoms with Gasteiger partial charge in [-0.3, -0.25) is 9.59 Å². The highest BCUT2D eigenvalue weighted by Crippen LogP contribution is 2.45. The fourth-order valence-corrected chi connectivity index (χ4v) is 6.50. The molecule has 2 aromatic carbocycles. The molecule has 4 nitrogen and oxygen atoms in total. The zero-order valence-corrected chi connectivity index (χ0v) is 18.8. The van der Waals surface area contributed by atoms with E-state index in [9.17, 15) is 19.8 Å². The van der Waals surface area contributed by atoms with Gasteiger partial charge in [0, 0.05) is 11.1 Å². The van der Waals surface area contributed by atoms with Crippen LogP contribution < -0.4 is 0 Å². The fourth-order valence-electron chi connectivity index (χ4n) is 6.50. The van der Waals surface area contributed by atoms with Crippen LogP contribution in [0.1, 0.15) is 108 Å². The number of rotatable bonds is 3. The minimum absolute atomic E-state index is 0.0777. The lowest BCUT2D eigenvalue weighted by molar-refractivity contribution is 0.0974. The smallest absolute Gasteiger partial charge is 0.198 e. The average Bonchev–Trinajstić information content (AvgIpc) is 2.84. The predicted molar refractivity (Wildman–Crippen MR) is 124 cm³/mol. The van der Waals surface area contributed by atoms with E-state index >= 15 is 0 Å². The van der Waals surface area contributed by atoms with Gasteiger partial charge in [-0.05, 0) is 86.0 Å². The van der Waals surface area contributed by atoms with Crippen LogP contribution in [0.25, 0.3) is 0 Å². The van der Waals surface area contributed by atoms with Gasteiger partial charge in [-0.25, -0.2) is 0 Å². The van der Waals surface area contributed by atoms with Gasteiger partial charge in [0.25, 0.3) is 0 Å². The number of phenolic OH excluding ortho intramolecular Hbond substituents is 2. The molecule has 4 heteroatoms. The van der Waals surface area contributed by atoms with Gasteiger partial charge in [0.2, 0.25) is 0 Å². The molecule has 0 heterocycles. The van der Waals surface area contributed by atoms with Crippen LogP contribution in [-0.4, -0.2) is 21.8 Å². The molecule has 168 valence electrons. The van der Waals surface area contributed by atoms with Crippen molar-refractivity contribution in [1.29, 1.82) is 0 Å². The molecule has 32 heavy (non-hydrogen) atoms. The van der Waals surface area contributed by atoms with Gasteiger partial charge in [0.15, 0.2) is 11.6 Å². The Morgan fingerprint density at radius 2 is 1.25 bits per heavy atom. The molecule has 0 bridgehead atoms. The van der Waals surface area contributed by atoms with Gasteiger partial charge in [0.05, 0.1) is 11.1 Å². The summed E-state index contributed by atoms with van der Waals surface area (Å²) in [6.07, 6.45) is 11.6. The third-order valence-corrected chi connectivity index (χ3v) is 8.53. The molecule has 3 aliphatic carbocycles. The highest BCUT2D eigenvalue weighted by Gasteiger charge is 2.36. The second-order valence-corrected chi connectivity index (χ2v) is 10.1. The molecular formula is C28H32O4. The Hall–Kier alpha value is -2.62. The van der Waals surface area contributed by atoms with Crippen LogP contribution in [0.4, 0.5) is 0 Å². The molecule has 2 fully saturated rings. The van der Waals surface area contributed by atoms with Crippen molar-refractivity contribution in [2.45, 2.75) is 70.6 Å². The molecular weight excluding hydrogens is 400 g/mol. The summed E-state index contributed by atoms with van der Waals surface area (Å²) in [5.41, 5.74) is 1.61. The van der Waals surface area contributed by atoms with E-state index in [1.807, 2.05) is 12.1 Å². The van der Waals surface area contributed by atoms with Crippen LogP contribution in [0.2, 0.25) is 0 Å². The Labute approximate surface area is 189 Å². The van der Waals surface area contributed by atoms with Gasteiger partial charge in [-0.15, -0.1) is 0 Å². The maximum absolute atomic E-state index is 13.1. The molecule has 0 aromatic heterocycles. The van der Waals surface area contributed by atoms with Gasteiger partial charge in [0.1, 0.15) is 11.5 Å². The van der Waals surface area contributed by atoms with E-state index in [1.54, 1.807) is 6.07 Å². The minimum Gasteiger partial charge on any atom is -0.507 e. The third kappa shape index (κ3) is 3.54.